The first kappa shape index (κ1) is 69.5. The molecule has 0 atom stereocenters. The van der Waals surface area contributed by atoms with Crippen LogP contribution in [0.4, 0.5) is 0 Å². The van der Waals surface area contributed by atoms with Crippen molar-refractivity contribution in [3.05, 3.63) is 419 Å². The molecule has 9 nitrogen and oxygen atoms in total. The van der Waals surface area contributed by atoms with Gasteiger partial charge in [-0.15, -0.1) is 0 Å². The van der Waals surface area contributed by atoms with Crippen molar-refractivity contribution in [2.24, 2.45) is 0 Å². The topological polar surface area (TPSA) is 92.1 Å². The molecule has 0 saturated heterocycles. The fourth-order valence-corrected chi connectivity index (χ4v) is 19.8. The SMILES string of the molecule is c1ccc2c(-n3c4ccccc4c4ccccc43)ccc(-c3cnc4c5ccccc5c5ccccc5c4n3)c2c1.c1ccc2c(-n3c4ccccc4c4ccccc43)ccc(-c3cnc4c5ccccc5c5ccccc5c4n3)c2c1.c1ccc2c(c1)c1ccccc1c1nc(-c3ccc4ccc(-n5c6ccccc6c6ccccc65)cc4c3)cnc21. The summed E-state index contributed by atoms with van der Waals surface area (Å²) in [7, 11) is 0. The number of fused-ring (bicyclic) bond motifs is 30. The van der Waals surface area contributed by atoms with Crippen molar-refractivity contribution in [3.8, 4) is 50.8 Å². The van der Waals surface area contributed by atoms with Crippen molar-refractivity contribution in [3.63, 3.8) is 0 Å². The van der Waals surface area contributed by atoms with Crippen LogP contribution in [0.15, 0.2) is 419 Å². The van der Waals surface area contributed by atoms with Gasteiger partial charge in [0.05, 0.1) is 113 Å². The minimum absolute atomic E-state index is 0.877. The number of nitrogens with zero attached hydrogens (tertiary/aromatic N) is 9. The monoisotopic (exact) mass is 1560 g/mol. The third kappa shape index (κ3) is 11.0. The largest absolute Gasteiger partial charge is 0.309 e. The lowest BCUT2D eigenvalue weighted by Crippen LogP contribution is -1.97. The number of hydrogen-bond donors (Lipinski definition) is 0. The Kier molecular flexibility index (Phi) is 15.8. The first-order valence-electron chi connectivity index (χ1n) is 41.8. The van der Waals surface area contributed by atoms with E-state index in [1.165, 1.54) is 119 Å². The average molecular weight is 1560 g/mol. The summed E-state index contributed by atoms with van der Waals surface area (Å²) in [6, 6.07) is 142. The van der Waals surface area contributed by atoms with Gasteiger partial charge in [-0.2, -0.15) is 0 Å². The van der Waals surface area contributed by atoms with Crippen LogP contribution in [0.1, 0.15) is 0 Å². The van der Waals surface area contributed by atoms with E-state index in [0.29, 0.717) is 0 Å². The fourth-order valence-electron chi connectivity index (χ4n) is 19.8. The van der Waals surface area contributed by atoms with Crippen LogP contribution in [0.3, 0.4) is 0 Å². The van der Waals surface area contributed by atoms with Gasteiger partial charge in [-0.05, 0) is 121 Å². The maximum atomic E-state index is 5.30. The quantitative estimate of drug-likeness (QED) is 0.154. The molecule has 0 aliphatic heterocycles. The smallest absolute Gasteiger partial charge is 0.0979 e. The van der Waals surface area contributed by atoms with Crippen LogP contribution in [0.25, 0.3) is 246 Å². The molecular formula is C114H69N9. The zero-order chi connectivity index (χ0) is 80.7. The van der Waals surface area contributed by atoms with Gasteiger partial charge < -0.3 is 13.7 Å². The summed E-state index contributed by atoms with van der Waals surface area (Å²) in [5.41, 5.74) is 22.2. The molecule has 0 aliphatic rings. The predicted octanol–water partition coefficient (Wildman–Crippen LogP) is 29.6. The van der Waals surface area contributed by atoms with Crippen LogP contribution in [-0.4, -0.2) is 43.6 Å². The molecule has 0 fully saturated rings. The molecule has 27 rings (SSSR count). The molecule has 0 unspecified atom stereocenters. The Labute approximate surface area is 704 Å². The molecule has 0 spiro atoms. The van der Waals surface area contributed by atoms with E-state index in [4.69, 9.17) is 29.9 Å². The van der Waals surface area contributed by atoms with Crippen molar-refractivity contribution in [2.45, 2.75) is 0 Å². The van der Waals surface area contributed by atoms with E-state index in [2.05, 4.69) is 414 Å². The van der Waals surface area contributed by atoms with Crippen molar-refractivity contribution in [1.29, 1.82) is 0 Å². The molecule has 0 saturated carbocycles. The summed E-state index contributed by atoms with van der Waals surface area (Å²) in [4.78, 5) is 30.8. The van der Waals surface area contributed by atoms with E-state index in [1.54, 1.807) is 0 Å². The third-order valence-corrected chi connectivity index (χ3v) is 25.2. The maximum absolute atomic E-state index is 5.30. The molecule has 6 heterocycles. The lowest BCUT2D eigenvalue weighted by Gasteiger charge is -2.15. The zero-order valence-electron chi connectivity index (χ0n) is 66.4. The maximum Gasteiger partial charge on any atom is 0.0979 e. The van der Waals surface area contributed by atoms with Crippen LogP contribution < -0.4 is 0 Å². The van der Waals surface area contributed by atoms with Crippen LogP contribution in [0.2, 0.25) is 0 Å². The summed E-state index contributed by atoms with van der Waals surface area (Å²) in [5, 5.41) is 28.6. The number of aromatic nitrogens is 9. The summed E-state index contributed by atoms with van der Waals surface area (Å²) < 4.78 is 7.15. The molecule has 9 heteroatoms. The number of para-hydroxylation sites is 6. The van der Waals surface area contributed by atoms with Gasteiger partial charge in [0.1, 0.15) is 0 Å². The summed E-state index contributed by atoms with van der Waals surface area (Å²) in [5.74, 6) is 0. The Morgan fingerprint density at radius 3 is 0.748 bits per heavy atom. The fraction of sp³-hybridized carbons (Fsp3) is 0. The van der Waals surface area contributed by atoms with Crippen molar-refractivity contribution < 1.29 is 0 Å². The summed E-state index contributed by atoms with van der Waals surface area (Å²) in [6.45, 7) is 0. The molecule has 0 bridgehead atoms. The van der Waals surface area contributed by atoms with Gasteiger partial charge in [0.2, 0.25) is 0 Å². The molecule has 6 aromatic heterocycles. The van der Waals surface area contributed by atoms with Crippen molar-refractivity contribution in [1.82, 2.24) is 43.6 Å². The third-order valence-electron chi connectivity index (χ3n) is 25.2. The Hall–Kier alpha value is -16.6. The van der Waals surface area contributed by atoms with Gasteiger partial charge in [0, 0.05) is 97.8 Å². The molecule has 0 N–H and O–H groups in total. The first-order chi connectivity index (χ1) is 61.1. The summed E-state index contributed by atoms with van der Waals surface area (Å²) >= 11 is 0. The normalized spacial score (nSPS) is 11.9. The standard InChI is InChI=1S/3C38H23N3/c2*1-4-14-28-26(13-1)27(21-22-36(28)41-34-19-9-7-15-29(34)30-16-8-10-20-35(30)41)33-23-39-37-31-17-5-2-11-24(31)25-12-3-6-18-32(25)38(37)40-33;1-3-13-32-28(9-1)29-10-2-4-14-33(29)38-37(32)39-23-34(40-38)25-18-17-24-19-20-27(22-26(24)21-25)41-35-15-7-5-11-30(35)31-12-6-8-16-36(31)41/h3*1-23H. The Balaban J connectivity index is 0.000000101. The Bertz CT molecular complexity index is 8510. The van der Waals surface area contributed by atoms with Crippen molar-refractivity contribution >= 4 is 195 Å². The Morgan fingerprint density at radius 1 is 0.163 bits per heavy atom. The molecule has 21 aromatic carbocycles. The highest BCUT2D eigenvalue weighted by Gasteiger charge is 2.23. The van der Waals surface area contributed by atoms with Crippen LogP contribution in [-0.2, 0) is 0 Å². The van der Waals surface area contributed by atoms with E-state index >= 15 is 0 Å². The van der Waals surface area contributed by atoms with E-state index in [0.717, 1.165) is 127 Å². The van der Waals surface area contributed by atoms with Gasteiger partial charge in [-0.1, -0.05) is 334 Å². The lowest BCUT2D eigenvalue weighted by atomic mass is 9.98. The number of hydrogen-bond acceptors (Lipinski definition) is 6. The van der Waals surface area contributed by atoms with Crippen LogP contribution in [0.5, 0.6) is 0 Å². The minimum atomic E-state index is 0.877. The minimum Gasteiger partial charge on any atom is -0.309 e. The van der Waals surface area contributed by atoms with Gasteiger partial charge >= 0.3 is 0 Å². The molecule has 0 aliphatic carbocycles. The molecular weight excluding hydrogens is 1500 g/mol. The average Bonchev–Trinajstić information content (AvgIpc) is 1.72. The lowest BCUT2D eigenvalue weighted by molar-refractivity contribution is 1.19. The first-order valence-corrected chi connectivity index (χ1v) is 41.8. The predicted molar refractivity (Wildman–Crippen MR) is 515 cm³/mol. The van der Waals surface area contributed by atoms with Crippen molar-refractivity contribution in [2.75, 3.05) is 0 Å². The van der Waals surface area contributed by atoms with Gasteiger partial charge in [0.25, 0.3) is 0 Å². The molecule has 570 valence electrons. The second kappa shape index (κ2) is 28.0. The van der Waals surface area contributed by atoms with Crippen LogP contribution in [0, 0.1) is 0 Å². The highest BCUT2D eigenvalue weighted by atomic mass is 15.0. The molecule has 0 amide bonds. The second-order valence-corrected chi connectivity index (χ2v) is 31.8. The molecule has 27 aromatic rings. The number of rotatable bonds is 6. The molecule has 0 radical (unpaired) electrons. The van der Waals surface area contributed by atoms with Gasteiger partial charge in [0.15, 0.2) is 0 Å². The zero-order valence-corrected chi connectivity index (χ0v) is 66.4. The number of benzene rings is 21. The van der Waals surface area contributed by atoms with E-state index in [1.807, 2.05) is 18.6 Å². The van der Waals surface area contributed by atoms with Gasteiger partial charge in [-0.25, -0.2) is 15.0 Å². The highest BCUT2D eigenvalue weighted by molar-refractivity contribution is 6.27. The van der Waals surface area contributed by atoms with Crippen LogP contribution >= 0.6 is 0 Å². The second-order valence-electron chi connectivity index (χ2n) is 31.8. The molecule has 123 heavy (non-hydrogen) atoms. The van der Waals surface area contributed by atoms with E-state index in [9.17, 15) is 0 Å². The van der Waals surface area contributed by atoms with E-state index in [-0.39, 0.29) is 0 Å². The highest BCUT2D eigenvalue weighted by Crippen LogP contribution is 2.45. The van der Waals surface area contributed by atoms with Gasteiger partial charge in [-0.3, -0.25) is 15.0 Å². The summed E-state index contributed by atoms with van der Waals surface area (Å²) in [6.07, 6.45) is 5.79. The van der Waals surface area contributed by atoms with E-state index < -0.39 is 0 Å². The Morgan fingerprint density at radius 2 is 0.415 bits per heavy atom.